The van der Waals surface area contributed by atoms with E-state index >= 15 is 0 Å². The third-order valence-corrected chi connectivity index (χ3v) is 5.06. The van der Waals surface area contributed by atoms with Gasteiger partial charge in [0.05, 0.1) is 6.33 Å². The molecule has 1 saturated heterocycles. The van der Waals surface area contributed by atoms with Gasteiger partial charge in [0.2, 0.25) is 0 Å². The minimum absolute atomic E-state index is 0.0395. The molecule has 3 rings (SSSR count). The number of H-pyrrole nitrogens is 1. The molecule has 0 spiro atoms. The summed E-state index contributed by atoms with van der Waals surface area (Å²) in [7, 11) is 1.63. The lowest BCUT2D eigenvalue weighted by molar-refractivity contribution is -0.133. The van der Waals surface area contributed by atoms with E-state index in [0.29, 0.717) is 11.3 Å². The van der Waals surface area contributed by atoms with E-state index in [-0.39, 0.29) is 12.3 Å². The van der Waals surface area contributed by atoms with Crippen molar-refractivity contribution in [2.45, 2.75) is 38.9 Å². The lowest BCUT2D eigenvalue weighted by Gasteiger charge is -2.42. The van der Waals surface area contributed by atoms with Crippen molar-refractivity contribution in [2.75, 3.05) is 13.7 Å². The number of amides is 2. The number of likely N-dealkylation sites (N-methyl/N-ethyl adjacent to an activating group) is 1. The second-order valence-electron chi connectivity index (χ2n) is 8.12. The number of nitrogens with zero attached hydrogens (tertiary/aromatic N) is 3. The number of aromatic nitrogens is 2. The number of hydrogen-bond donors (Lipinski definition) is 1. The SMILES string of the molecule is CN1C(=O)[C@](CF)(Cc2cnc[nH]2)N(C(=O)c2ccccc2)[C@@H]1C(C)(C)C. The van der Waals surface area contributed by atoms with Crippen LogP contribution in [-0.4, -0.2) is 57.0 Å². The zero-order chi connectivity index (χ0) is 19.8. The number of aromatic amines is 1. The summed E-state index contributed by atoms with van der Waals surface area (Å²) in [6, 6.07) is 8.69. The van der Waals surface area contributed by atoms with Crippen molar-refractivity contribution in [3.8, 4) is 0 Å². The quantitative estimate of drug-likeness (QED) is 0.897. The van der Waals surface area contributed by atoms with Gasteiger partial charge in [-0.15, -0.1) is 0 Å². The summed E-state index contributed by atoms with van der Waals surface area (Å²) in [4.78, 5) is 36.5. The molecule has 7 heteroatoms. The van der Waals surface area contributed by atoms with Crippen LogP contribution >= 0.6 is 0 Å². The predicted molar refractivity (Wildman–Crippen MR) is 99.6 cm³/mol. The normalized spacial score (nSPS) is 23.1. The van der Waals surface area contributed by atoms with E-state index in [1.165, 1.54) is 16.1 Å². The first-order valence-electron chi connectivity index (χ1n) is 8.91. The van der Waals surface area contributed by atoms with Crippen LogP contribution in [0, 0.1) is 5.41 Å². The van der Waals surface area contributed by atoms with Crippen LogP contribution in [0.5, 0.6) is 0 Å². The monoisotopic (exact) mass is 372 g/mol. The number of imidazole rings is 1. The van der Waals surface area contributed by atoms with E-state index in [2.05, 4.69) is 9.97 Å². The van der Waals surface area contributed by atoms with Crippen LogP contribution < -0.4 is 0 Å². The van der Waals surface area contributed by atoms with Crippen molar-refractivity contribution in [1.29, 1.82) is 0 Å². The van der Waals surface area contributed by atoms with E-state index in [4.69, 9.17) is 0 Å². The van der Waals surface area contributed by atoms with Crippen LogP contribution in [0.3, 0.4) is 0 Å². The third kappa shape index (κ3) is 3.11. The van der Waals surface area contributed by atoms with Gasteiger partial charge in [-0.05, 0) is 12.1 Å². The van der Waals surface area contributed by atoms with Crippen molar-refractivity contribution in [1.82, 2.24) is 19.8 Å². The molecule has 2 aromatic rings. The van der Waals surface area contributed by atoms with E-state index in [0.717, 1.165) is 0 Å². The van der Waals surface area contributed by atoms with E-state index in [1.54, 1.807) is 37.5 Å². The van der Waals surface area contributed by atoms with Gasteiger partial charge in [0.25, 0.3) is 11.8 Å². The summed E-state index contributed by atoms with van der Waals surface area (Å²) in [6.07, 6.45) is 2.50. The van der Waals surface area contributed by atoms with Crippen LogP contribution in [0.15, 0.2) is 42.9 Å². The predicted octanol–water partition coefficient (Wildman–Crippen LogP) is 2.65. The Morgan fingerprint density at radius 1 is 1.30 bits per heavy atom. The molecule has 144 valence electrons. The van der Waals surface area contributed by atoms with Gasteiger partial charge in [-0.3, -0.25) is 14.5 Å². The van der Waals surface area contributed by atoms with Crippen molar-refractivity contribution in [3.63, 3.8) is 0 Å². The fourth-order valence-corrected chi connectivity index (χ4v) is 3.97. The number of carbonyl (C=O) groups is 2. The first-order valence-corrected chi connectivity index (χ1v) is 8.91. The average molecular weight is 372 g/mol. The maximum absolute atomic E-state index is 14.6. The Hall–Kier alpha value is -2.70. The Kier molecular flexibility index (Phi) is 4.80. The van der Waals surface area contributed by atoms with Crippen molar-refractivity contribution in [3.05, 3.63) is 54.1 Å². The smallest absolute Gasteiger partial charge is 0.256 e. The van der Waals surface area contributed by atoms with Gasteiger partial charge in [0.15, 0.2) is 5.54 Å². The first-order chi connectivity index (χ1) is 12.7. The molecule has 0 radical (unpaired) electrons. The van der Waals surface area contributed by atoms with Crippen molar-refractivity contribution < 1.29 is 14.0 Å². The molecule has 0 unspecified atom stereocenters. The molecule has 27 heavy (non-hydrogen) atoms. The minimum Gasteiger partial charge on any atom is -0.348 e. The van der Waals surface area contributed by atoms with E-state index in [9.17, 15) is 14.0 Å². The Balaban J connectivity index is 2.16. The average Bonchev–Trinajstić information content (AvgIpc) is 3.22. The molecular formula is C20H25FN4O2. The number of alkyl halides is 1. The first kappa shape index (κ1) is 19.1. The van der Waals surface area contributed by atoms with Gasteiger partial charge in [0.1, 0.15) is 12.8 Å². The van der Waals surface area contributed by atoms with Gasteiger partial charge in [-0.2, -0.15) is 0 Å². The number of benzene rings is 1. The summed E-state index contributed by atoms with van der Waals surface area (Å²) in [6.45, 7) is 4.85. The molecule has 2 amide bonds. The molecule has 2 atom stereocenters. The zero-order valence-electron chi connectivity index (χ0n) is 16.1. The summed E-state index contributed by atoms with van der Waals surface area (Å²) in [5.41, 5.74) is -1.03. The van der Waals surface area contributed by atoms with E-state index in [1.807, 2.05) is 26.8 Å². The molecule has 2 heterocycles. The molecule has 1 aromatic heterocycles. The number of rotatable bonds is 4. The fraction of sp³-hybridized carbons (Fsp3) is 0.450. The number of nitrogens with one attached hydrogen (secondary N) is 1. The number of carbonyl (C=O) groups excluding carboxylic acids is 2. The molecule has 0 saturated carbocycles. The number of hydrogen-bond acceptors (Lipinski definition) is 3. The highest BCUT2D eigenvalue weighted by Crippen LogP contribution is 2.42. The Bertz CT molecular complexity index is 816. The Labute approximate surface area is 158 Å². The van der Waals surface area contributed by atoms with Crippen LogP contribution in [0.1, 0.15) is 36.8 Å². The van der Waals surface area contributed by atoms with Gasteiger partial charge < -0.3 is 9.88 Å². The second kappa shape index (κ2) is 6.79. The molecule has 6 nitrogen and oxygen atoms in total. The Morgan fingerprint density at radius 2 is 1.96 bits per heavy atom. The zero-order valence-corrected chi connectivity index (χ0v) is 16.1. The van der Waals surface area contributed by atoms with Gasteiger partial charge in [-0.25, -0.2) is 9.37 Å². The highest BCUT2D eigenvalue weighted by molar-refractivity contribution is 6.02. The summed E-state index contributed by atoms with van der Waals surface area (Å²) in [5, 5.41) is 0. The molecule has 1 aliphatic heterocycles. The highest BCUT2D eigenvalue weighted by Gasteiger charge is 2.61. The highest BCUT2D eigenvalue weighted by atomic mass is 19.1. The lowest BCUT2D eigenvalue weighted by atomic mass is 9.88. The second-order valence-corrected chi connectivity index (χ2v) is 8.12. The van der Waals surface area contributed by atoms with Gasteiger partial charge in [-0.1, -0.05) is 39.0 Å². The van der Waals surface area contributed by atoms with Crippen LogP contribution in [0.25, 0.3) is 0 Å². The van der Waals surface area contributed by atoms with Crippen LogP contribution in [-0.2, 0) is 11.2 Å². The molecule has 1 aromatic carbocycles. The Morgan fingerprint density at radius 3 is 2.48 bits per heavy atom. The summed E-state index contributed by atoms with van der Waals surface area (Å²) in [5.74, 6) is -0.755. The van der Waals surface area contributed by atoms with Crippen molar-refractivity contribution >= 4 is 11.8 Å². The molecular weight excluding hydrogens is 347 g/mol. The topological polar surface area (TPSA) is 69.3 Å². The largest absolute Gasteiger partial charge is 0.348 e. The molecule has 0 bridgehead atoms. The van der Waals surface area contributed by atoms with Gasteiger partial charge >= 0.3 is 0 Å². The van der Waals surface area contributed by atoms with Gasteiger partial charge in [0, 0.05) is 36.3 Å². The lowest BCUT2D eigenvalue weighted by Crippen LogP contribution is -2.58. The van der Waals surface area contributed by atoms with Crippen LogP contribution in [0.2, 0.25) is 0 Å². The number of halogens is 1. The summed E-state index contributed by atoms with van der Waals surface area (Å²) >= 11 is 0. The maximum Gasteiger partial charge on any atom is 0.256 e. The van der Waals surface area contributed by atoms with E-state index < -0.39 is 29.7 Å². The van der Waals surface area contributed by atoms with Crippen LogP contribution in [0.4, 0.5) is 4.39 Å². The molecule has 1 N–H and O–H groups in total. The maximum atomic E-state index is 14.6. The third-order valence-electron chi connectivity index (χ3n) is 5.06. The molecule has 1 fully saturated rings. The fourth-order valence-electron chi connectivity index (χ4n) is 3.97. The molecule has 1 aliphatic rings. The standard InChI is InChI=1S/C20H25FN4O2/c1-19(2,3)17-24(4)18(27)20(12-21,10-15-11-22-13-23-15)25(17)16(26)14-8-6-5-7-9-14/h5-9,11,13,17H,10,12H2,1-4H3,(H,22,23)/t17-,20-/m1/s1. The summed E-state index contributed by atoms with van der Waals surface area (Å²) < 4.78 is 14.6. The molecule has 0 aliphatic carbocycles. The van der Waals surface area contributed by atoms with Crippen molar-refractivity contribution in [2.24, 2.45) is 5.41 Å². The minimum atomic E-state index is -1.61.